The van der Waals surface area contributed by atoms with Crippen LogP contribution in [0.15, 0.2) is 0 Å². The van der Waals surface area contributed by atoms with Crippen LogP contribution in [-0.4, -0.2) is 67.6 Å². The van der Waals surface area contributed by atoms with Crippen LogP contribution in [0.25, 0.3) is 0 Å². The van der Waals surface area contributed by atoms with Gasteiger partial charge in [0.2, 0.25) is 0 Å². The van der Waals surface area contributed by atoms with Gasteiger partial charge in [-0.2, -0.15) is 0 Å². The summed E-state index contributed by atoms with van der Waals surface area (Å²) in [6.07, 6.45) is 0. The molecular formula is C16H32N2O2. The number of ether oxygens (including phenoxy) is 1. The average molecular weight is 284 g/mol. The lowest BCUT2D eigenvalue weighted by atomic mass is 9.94. The molecule has 0 N–H and O–H groups in total. The Kier molecular flexibility index (Phi) is 7.70. The highest BCUT2D eigenvalue weighted by Crippen LogP contribution is 2.10. The van der Waals surface area contributed by atoms with E-state index >= 15 is 0 Å². The Morgan fingerprint density at radius 2 is 1.65 bits per heavy atom. The van der Waals surface area contributed by atoms with Gasteiger partial charge >= 0.3 is 0 Å². The Bertz CT molecular complexity index is 284. The zero-order valence-electron chi connectivity index (χ0n) is 13.9. The number of hydrogen-bond acceptors (Lipinski definition) is 4. The average Bonchev–Trinajstić information content (AvgIpc) is 2.42. The standard InChI is InChI=1S/C16H32N2O2/c1-13(2)15(5)16(19)12-20-11-10-17-6-8-18(9-7-17)14(3)4/h13-15H,6-12H2,1-5H3. The van der Waals surface area contributed by atoms with Crippen molar-refractivity contribution in [2.45, 2.75) is 40.7 Å². The maximum atomic E-state index is 11.8. The van der Waals surface area contributed by atoms with Crippen LogP contribution < -0.4 is 0 Å². The summed E-state index contributed by atoms with van der Waals surface area (Å²) in [5.74, 6) is 0.726. The summed E-state index contributed by atoms with van der Waals surface area (Å²) in [5, 5.41) is 0. The van der Waals surface area contributed by atoms with E-state index in [4.69, 9.17) is 4.74 Å². The largest absolute Gasteiger partial charge is 0.372 e. The van der Waals surface area contributed by atoms with Crippen molar-refractivity contribution in [3.05, 3.63) is 0 Å². The summed E-state index contributed by atoms with van der Waals surface area (Å²) >= 11 is 0. The maximum absolute atomic E-state index is 11.8. The van der Waals surface area contributed by atoms with E-state index < -0.39 is 0 Å². The quantitative estimate of drug-likeness (QED) is 0.637. The molecule has 0 radical (unpaired) electrons. The normalized spacial score (nSPS) is 19.8. The van der Waals surface area contributed by atoms with Crippen molar-refractivity contribution in [2.75, 3.05) is 45.9 Å². The summed E-state index contributed by atoms with van der Waals surface area (Å²) < 4.78 is 5.54. The molecular weight excluding hydrogens is 252 g/mol. The Balaban J connectivity index is 2.09. The minimum absolute atomic E-state index is 0.101. The van der Waals surface area contributed by atoms with Crippen LogP contribution >= 0.6 is 0 Å². The number of hydrogen-bond donors (Lipinski definition) is 0. The number of piperazine rings is 1. The van der Waals surface area contributed by atoms with Crippen molar-refractivity contribution in [1.82, 2.24) is 9.80 Å². The Morgan fingerprint density at radius 1 is 1.05 bits per heavy atom. The van der Waals surface area contributed by atoms with Crippen LogP contribution in [0, 0.1) is 11.8 Å². The van der Waals surface area contributed by atoms with Gasteiger partial charge in [0, 0.05) is 44.7 Å². The van der Waals surface area contributed by atoms with Crippen molar-refractivity contribution in [3.8, 4) is 0 Å². The third-order valence-electron chi connectivity index (χ3n) is 4.44. The SMILES string of the molecule is CC(C)C(C)C(=O)COCCN1CCN(C(C)C)CC1. The molecule has 4 nitrogen and oxygen atoms in total. The van der Waals surface area contributed by atoms with Crippen LogP contribution in [0.2, 0.25) is 0 Å². The van der Waals surface area contributed by atoms with Gasteiger partial charge in [0.1, 0.15) is 6.61 Å². The summed E-state index contributed by atoms with van der Waals surface area (Å²) in [6.45, 7) is 17.0. The fraction of sp³-hybridized carbons (Fsp3) is 0.938. The second-order valence-electron chi connectivity index (χ2n) is 6.52. The number of ketones is 1. The summed E-state index contributed by atoms with van der Waals surface area (Å²) in [4.78, 5) is 16.7. The second-order valence-corrected chi connectivity index (χ2v) is 6.52. The Morgan fingerprint density at radius 3 is 2.15 bits per heavy atom. The highest BCUT2D eigenvalue weighted by atomic mass is 16.5. The van der Waals surface area contributed by atoms with E-state index in [0.717, 1.165) is 32.7 Å². The van der Waals surface area contributed by atoms with Crippen LogP contribution in [0.5, 0.6) is 0 Å². The number of carbonyl (C=O) groups excluding carboxylic acids is 1. The molecule has 0 saturated carbocycles. The lowest BCUT2D eigenvalue weighted by molar-refractivity contribution is -0.128. The molecule has 1 saturated heterocycles. The molecule has 1 rings (SSSR count). The minimum atomic E-state index is 0.101. The van der Waals surface area contributed by atoms with Crippen LogP contribution in [0.3, 0.4) is 0 Å². The fourth-order valence-electron chi connectivity index (χ4n) is 2.37. The third kappa shape index (κ3) is 5.90. The summed E-state index contributed by atoms with van der Waals surface area (Å²) in [5.41, 5.74) is 0. The van der Waals surface area contributed by atoms with E-state index in [1.807, 2.05) is 6.92 Å². The number of nitrogens with zero attached hydrogens (tertiary/aromatic N) is 2. The molecule has 0 bridgehead atoms. The monoisotopic (exact) mass is 284 g/mol. The smallest absolute Gasteiger partial charge is 0.161 e. The first-order valence-corrected chi connectivity index (χ1v) is 7.98. The predicted octanol–water partition coefficient (Wildman–Crippen LogP) is 1.89. The molecule has 0 aromatic heterocycles. The zero-order valence-corrected chi connectivity index (χ0v) is 13.9. The van der Waals surface area contributed by atoms with Gasteiger partial charge in [0.05, 0.1) is 6.61 Å². The lowest BCUT2D eigenvalue weighted by Crippen LogP contribution is -2.49. The van der Waals surface area contributed by atoms with E-state index in [-0.39, 0.29) is 18.3 Å². The van der Waals surface area contributed by atoms with E-state index in [1.54, 1.807) is 0 Å². The third-order valence-corrected chi connectivity index (χ3v) is 4.44. The van der Waals surface area contributed by atoms with Crippen LogP contribution in [-0.2, 0) is 9.53 Å². The highest BCUT2D eigenvalue weighted by molar-refractivity contribution is 5.82. The van der Waals surface area contributed by atoms with E-state index in [9.17, 15) is 4.79 Å². The molecule has 0 spiro atoms. The second kappa shape index (κ2) is 8.75. The van der Waals surface area contributed by atoms with Gasteiger partial charge in [0.15, 0.2) is 5.78 Å². The van der Waals surface area contributed by atoms with Gasteiger partial charge in [-0.3, -0.25) is 14.6 Å². The van der Waals surface area contributed by atoms with E-state index in [0.29, 0.717) is 18.6 Å². The molecule has 4 heteroatoms. The van der Waals surface area contributed by atoms with Crippen LogP contribution in [0.1, 0.15) is 34.6 Å². The number of Topliss-reactive ketones (excluding diaryl/α,β-unsaturated/α-hetero) is 1. The molecule has 1 aliphatic rings. The summed E-state index contributed by atoms with van der Waals surface area (Å²) in [7, 11) is 0. The molecule has 20 heavy (non-hydrogen) atoms. The van der Waals surface area contributed by atoms with Gasteiger partial charge < -0.3 is 4.74 Å². The molecule has 1 atom stereocenters. The van der Waals surface area contributed by atoms with Crippen molar-refractivity contribution >= 4 is 5.78 Å². The summed E-state index contributed by atoms with van der Waals surface area (Å²) in [6, 6.07) is 0.642. The molecule has 1 fully saturated rings. The van der Waals surface area contributed by atoms with Crippen molar-refractivity contribution < 1.29 is 9.53 Å². The molecule has 118 valence electrons. The molecule has 1 unspecified atom stereocenters. The van der Waals surface area contributed by atoms with Gasteiger partial charge in [-0.25, -0.2) is 0 Å². The highest BCUT2D eigenvalue weighted by Gasteiger charge is 2.19. The topological polar surface area (TPSA) is 32.8 Å². The molecule has 1 aliphatic heterocycles. The first-order chi connectivity index (χ1) is 9.41. The van der Waals surface area contributed by atoms with Crippen molar-refractivity contribution in [2.24, 2.45) is 11.8 Å². The lowest BCUT2D eigenvalue weighted by Gasteiger charge is -2.36. The van der Waals surface area contributed by atoms with Gasteiger partial charge in [-0.15, -0.1) is 0 Å². The first-order valence-electron chi connectivity index (χ1n) is 7.98. The molecule has 0 aliphatic carbocycles. The fourth-order valence-corrected chi connectivity index (χ4v) is 2.37. The van der Waals surface area contributed by atoms with E-state index in [1.165, 1.54) is 0 Å². The first kappa shape index (κ1) is 17.6. The zero-order chi connectivity index (χ0) is 15.1. The van der Waals surface area contributed by atoms with E-state index in [2.05, 4.69) is 37.5 Å². The van der Waals surface area contributed by atoms with Gasteiger partial charge in [-0.1, -0.05) is 20.8 Å². The molecule has 0 aromatic carbocycles. The number of rotatable bonds is 8. The van der Waals surface area contributed by atoms with Gasteiger partial charge in [-0.05, 0) is 19.8 Å². The Labute approximate surface area is 124 Å². The molecule has 0 amide bonds. The maximum Gasteiger partial charge on any atom is 0.161 e. The Hall–Kier alpha value is -0.450. The van der Waals surface area contributed by atoms with Crippen LogP contribution in [0.4, 0.5) is 0 Å². The van der Waals surface area contributed by atoms with Crippen molar-refractivity contribution in [3.63, 3.8) is 0 Å². The molecule has 1 heterocycles. The minimum Gasteiger partial charge on any atom is -0.372 e. The van der Waals surface area contributed by atoms with Gasteiger partial charge in [0.25, 0.3) is 0 Å². The number of carbonyl (C=O) groups is 1. The predicted molar refractivity (Wildman–Crippen MR) is 83.0 cm³/mol. The molecule has 0 aromatic rings. The van der Waals surface area contributed by atoms with Crippen molar-refractivity contribution in [1.29, 1.82) is 0 Å².